The van der Waals surface area contributed by atoms with Gasteiger partial charge in [-0.15, -0.1) is 13.2 Å². The van der Waals surface area contributed by atoms with Crippen molar-refractivity contribution in [1.82, 2.24) is 0 Å². The van der Waals surface area contributed by atoms with Crippen LogP contribution in [0.15, 0.2) is 199 Å². The van der Waals surface area contributed by atoms with Crippen LogP contribution >= 0.6 is 0 Å². The lowest BCUT2D eigenvalue weighted by Gasteiger charge is -2.31. The Morgan fingerprint density at radius 3 is 0.974 bits per heavy atom. The third-order valence-electron chi connectivity index (χ3n) is 9.13. The predicted octanol–water partition coefficient (Wildman–Crippen LogP) is 14.2. The number of alkyl halides is 16. The van der Waals surface area contributed by atoms with Gasteiger partial charge in [-0.2, -0.15) is 57.1 Å². The van der Waals surface area contributed by atoms with Crippen LogP contribution in [0.1, 0.15) is 25.3 Å². The second-order valence-corrected chi connectivity index (χ2v) is 21.9. The van der Waals surface area contributed by atoms with E-state index in [-0.39, 0.29) is 21.8 Å². The molecule has 0 unspecified atom stereocenters. The SMILES string of the molecule is CCCCOc1ccc([S+](c2ccccc2)c2ccccc2)cc1.Cc1ccc([S+](c2ccccc2)c2ccccc2)cc1.O=S(=O)([O-])C(F)(F)C(F)(F)OC(F)(F)C(F)(F)F.O=S(=O)([O-])C(F)(F)C(F)(F)OC(F)(F)F. The summed E-state index contributed by atoms with van der Waals surface area (Å²) in [4.78, 5) is 8.08. The summed E-state index contributed by atoms with van der Waals surface area (Å²) in [6.45, 7) is 5.10. The minimum atomic E-state index is -7.24. The number of ether oxygens (including phenoxy) is 3. The van der Waals surface area contributed by atoms with E-state index in [9.17, 15) is 96.2 Å². The number of halogens is 16. The largest absolute Gasteiger partial charge is 0.743 e. The first-order valence-corrected chi connectivity index (χ1v) is 26.5. The van der Waals surface area contributed by atoms with E-state index < -0.39 is 61.6 Å². The first-order valence-electron chi connectivity index (χ1n) is 21.2. The van der Waals surface area contributed by atoms with Crippen molar-refractivity contribution in [3.63, 3.8) is 0 Å². The van der Waals surface area contributed by atoms with Crippen LogP contribution in [0, 0.1) is 6.92 Å². The van der Waals surface area contributed by atoms with Gasteiger partial charge in [-0.1, -0.05) is 104 Å². The Morgan fingerprint density at radius 2 is 0.701 bits per heavy atom. The van der Waals surface area contributed by atoms with Gasteiger partial charge in [0.05, 0.1) is 28.4 Å². The van der Waals surface area contributed by atoms with Gasteiger partial charge in [0.15, 0.2) is 49.6 Å². The molecular weight excluding hydrogens is 1150 g/mol. The summed E-state index contributed by atoms with van der Waals surface area (Å²) >= 11 is 0. The number of hydrogen-bond acceptors (Lipinski definition) is 9. The molecule has 0 spiro atoms. The maximum Gasteiger partial charge on any atom is 0.527 e. The third kappa shape index (κ3) is 18.8. The number of hydrogen-bond donors (Lipinski definition) is 0. The summed E-state index contributed by atoms with van der Waals surface area (Å²) < 4.78 is 254. The summed E-state index contributed by atoms with van der Waals surface area (Å²) in [7, 11) is -14.3. The molecule has 422 valence electrons. The van der Waals surface area contributed by atoms with Crippen molar-refractivity contribution in [3.05, 3.63) is 175 Å². The van der Waals surface area contributed by atoms with Crippen LogP contribution in [-0.4, -0.2) is 73.9 Å². The van der Waals surface area contributed by atoms with Crippen LogP contribution in [0.3, 0.4) is 0 Å². The molecule has 0 aliphatic heterocycles. The molecule has 9 nitrogen and oxygen atoms in total. The topological polar surface area (TPSA) is 142 Å². The molecule has 0 amide bonds. The van der Waals surface area contributed by atoms with Crippen LogP contribution in [0.2, 0.25) is 0 Å². The fourth-order valence-corrected chi connectivity index (χ4v) is 10.3. The average molecular weight is 1190 g/mol. The molecule has 0 saturated carbocycles. The zero-order chi connectivity index (χ0) is 58.3. The minimum Gasteiger partial charge on any atom is -0.743 e. The molecule has 0 saturated heterocycles. The van der Waals surface area contributed by atoms with Crippen LogP contribution < -0.4 is 4.74 Å². The van der Waals surface area contributed by atoms with Crippen LogP contribution in [-0.2, 0) is 51.5 Å². The fraction of sp³-hybridized carbons (Fsp3) is 0.250. The Hall–Kier alpha value is -5.56. The third-order valence-corrected chi connectivity index (χ3v) is 15.3. The van der Waals surface area contributed by atoms with E-state index in [1.807, 2.05) is 0 Å². The van der Waals surface area contributed by atoms with E-state index in [1.54, 1.807) is 4.74 Å². The predicted molar refractivity (Wildman–Crippen MR) is 247 cm³/mol. The second kappa shape index (κ2) is 26.9. The molecule has 0 heterocycles. The first-order chi connectivity index (χ1) is 35.4. The van der Waals surface area contributed by atoms with Crippen LogP contribution in [0.25, 0.3) is 0 Å². The molecule has 0 radical (unpaired) electrons. The van der Waals surface area contributed by atoms with Gasteiger partial charge in [-0.25, -0.2) is 26.3 Å². The monoisotopic (exact) mass is 1190 g/mol. The molecule has 0 aliphatic rings. The molecule has 0 aliphatic carbocycles. The standard InChI is InChI=1S/C22H23OS.C19H17S.C4HF9O4S.C3HF7O4S/c1-2-3-18-23-19-14-16-22(17-15-19)24(20-10-6-4-7-11-20)21-12-8-5-9-13-21;1-16-12-14-19(15-13-16)20(17-8-4-2-5-9-17)18-10-6-3-7-11-18;5-1(6,7)2(8,9)17-3(10,11)4(12,13)18(14,15)16;4-1(5,14-3(8,9)10)2(6,7)15(11,12)13/h4-17H,2-3,18H2,1H3;2-15H,1H3;(H,14,15,16);(H,11,12,13)/q2*+1;;/p-2. The Labute approximate surface area is 436 Å². The van der Waals surface area contributed by atoms with Crippen molar-refractivity contribution in [2.75, 3.05) is 6.61 Å². The summed E-state index contributed by atoms with van der Waals surface area (Å²) in [6.07, 6.45) is -31.0. The lowest BCUT2D eigenvalue weighted by Crippen LogP contribution is -2.54. The summed E-state index contributed by atoms with van der Waals surface area (Å²) in [5.41, 5.74) is 1.30. The van der Waals surface area contributed by atoms with Gasteiger partial charge in [0.25, 0.3) is 0 Å². The second-order valence-electron chi connectivity index (χ2n) is 15.0. The highest BCUT2D eigenvalue weighted by molar-refractivity contribution is 7.97. The van der Waals surface area contributed by atoms with Crippen molar-refractivity contribution in [2.24, 2.45) is 0 Å². The quantitative estimate of drug-likeness (QED) is 0.0377. The van der Waals surface area contributed by atoms with Gasteiger partial charge < -0.3 is 13.8 Å². The summed E-state index contributed by atoms with van der Waals surface area (Å²) in [5.74, 6) is 0.955. The average Bonchev–Trinajstić information content (AvgIpc) is 3.33. The van der Waals surface area contributed by atoms with E-state index >= 15 is 0 Å². The molecule has 0 bridgehead atoms. The number of benzene rings is 6. The number of rotatable bonds is 17. The maximum absolute atomic E-state index is 12.2. The van der Waals surface area contributed by atoms with Crippen molar-refractivity contribution >= 4 is 42.0 Å². The smallest absolute Gasteiger partial charge is 0.527 e. The Bertz CT molecular complexity index is 2870. The Kier molecular flexibility index (Phi) is 22.9. The lowest BCUT2D eigenvalue weighted by molar-refractivity contribution is -0.476. The summed E-state index contributed by atoms with van der Waals surface area (Å²) in [5, 5.41) is -13.3. The Balaban J connectivity index is 0.000000275. The van der Waals surface area contributed by atoms with E-state index in [2.05, 4.69) is 184 Å². The molecule has 77 heavy (non-hydrogen) atoms. The zero-order valence-electron chi connectivity index (χ0n) is 39.1. The van der Waals surface area contributed by atoms with E-state index in [0.717, 1.165) is 25.2 Å². The van der Waals surface area contributed by atoms with Crippen LogP contribution in [0.4, 0.5) is 70.2 Å². The minimum absolute atomic E-state index is 0.0229. The van der Waals surface area contributed by atoms with Gasteiger partial charge in [0.1, 0.15) is 5.75 Å². The molecule has 6 rings (SSSR count). The first kappa shape index (κ1) is 65.7. The van der Waals surface area contributed by atoms with Gasteiger partial charge in [0.2, 0.25) is 0 Å². The van der Waals surface area contributed by atoms with Gasteiger partial charge >= 0.3 is 41.4 Å². The summed E-state index contributed by atoms with van der Waals surface area (Å²) in [6, 6.07) is 60.4. The van der Waals surface area contributed by atoms with Crippen molar-refractivity contribution in [2.45, 2.75) is 97.4 Å². The van der Waals surface area contributed by atoms with Gasteiger partial charge in [-0.05, 0) is 98.3 Å². The molecule has 0 aromatic heterocycles. The highest BCUT2D eigenvalue weighted by Gasteiger charge is 2.72. The molecular formula is C48H40F16O9S4. The lowest BCUT2D eigenvalue weighted by atomic mass is 10.2. The number of aryl methyl sites for hydroxylation is 1. The van der Waals surface area contributed by atoms with Crippen molar-refractivity contribution in [1.29, 1.82) is 0 Å². The normalized spacial score (nSPS) is 12.9. The molecule has 29 heteroatoms. The van der Waals surface area contributed by atoms with Gasteiger partial charge in [0, 0.05) is 0 Å². The molecule has 6 aromatic rings. The van der Waals surface area contributed by atoms with Crippen molar-refractivity contribution < 1.29 is 110 Å². The molecule has 6 aromatic carbocycles. The van der Waals surface area contributed by atoms with Crippen molar-refractivity contribution in [3.8, 4) is 5.75 Å². The Morgan fingerprint density at radius 1 is 0.416 bits per heavy atom. The van der Waals surface area contributed by atoms with E-state index in [1.165, 1.54) is 39.7 Å². The molecule has 0 fully saturated rings. The molecule has 0 atom stereocenters. The fourth-order valence-electron chi connectivity index (χ4n) is 5.50. The number of unbranched alkanes of at least 4 members (excludes halogenated alkanes) is 1. The highest BCUT2D eigenvalue weighted by atomic mass is 32.2. The van der Waals surface area contributed by atoms with E-state index in [4.69, 9.17) is 4.74 Å². The van der Waals surface area contributed by atoms with E-state index in [0.29, 0.717) is 0 Å². The zero-order valence-corrected chi connectivity index (χ0v) is 42.4. The van der Waals surface area contributed by atoms with Crippen LogP contribution in [0.5, 0.6) is 5.75 Å². The molecule has 0 N–H and O–H groups in total. The van der Waals surface area contributed by atoms with Gasteiger partial charge in [-0.3, -0.25) is 0 Å². The highest BCUT2D eigenvalue weighted by Crippen LogP contribution is 2.47. The maximum atomic E-state index is 12.2.